The summed E-state index contributed by atoms with van der Waals surface area (Å²) in [6.45, 7) is 2.83. The van der Waals surface area contributed by atoms with Crippen LogP contribution in [0.3, 0.4) is 0 Å². The highest BCUT2D eigenvalue weighted by Crippen LogP contribution is 2.35. The van der Waals surface area contributed by atoms with Gasteiger partial charge in [-0.25, -0.2) is 23.1 Å². The summed E-state index contributed by atoms with van der Waals surface area (Å²) in [5, 5.41) is 3.50. The Labute approximate surface area is 224 Å². The number of rotatable bonds is 7. The monoisotopic (exact) mass is 560 g/mol. The number of aryl methyl sites for hydroxylation is 1. The predicted octanol–water partition coefficient (Wildman–Crippen LogP) is 5.81. The van der Waals surface area contributed by atoms with Gasteiger partial charge in [0.15, 0.2) is 5.13 Å². The SMILES string of the molecule is COc1cnc(Cl)cc1-c1cc(C)ncc1C(=O)Nc1nc2c(s1)CN(Cc1ncc(C(F)F)cc1F)C2. The zero-order chi connectivity index (χ0) is 27.0. The lowest BCUT2D eigenvalue weighted by molar-refractivity contribution is 0.102. The number of hydrogen-bond donors (Lipinski definition) is 1. The Morgan fingerprint density at radius 2 is 1.97 bits per heavy atom. The minimum absolute atomic E-state index is 0.0872. The highest BCUT2D eigenvalue weighted by Gasteiger charge is 2.26. The fraction of sp³-hybridized carbons (Fsp3) is 0.240. The van der Waals surface area contributed by atoms with Crippen molar-refractivity contribution >= 4 is 34.0 Å². The van der Waals surface area contributed by atoms with Gasteiger partial charge in [-0.05, 0) is 25.1 Å². The molecule has 8 nitrogen and oxygen atoms in total. The molecule has 5 heterocycles. The van der Waals surface area contributed by atoms with Crippen molar-refractivity contribution in [2.75, 3.05) is 12.4 Å². The Kier molecular flexibility index (Phi) is 7.28. The number of carbonyl (C=O) groups excluding carboxylic acids is 1. The van der Waals surface area contributed by atoms with Gasteiger partial charge in [-0.2, -0.15) is 0 Å². The molecule has 13 heteroatoms. The van der Waals surface area contributed by atoms with Crippen LogP contribution in [0.4, 0.5) is 18.3 Å². The molecule has 0 aliphatic carbocycles. The number of halogens is 4. The van der Waals surface area contributed by atoms with Crippen LogP contribution in [-0.4, -0.2) is 37.9 Å². The molecule has 4 aromatic heterocycles. The van der Waals surface area contributed by atoms with Gasteiger partial charge in [-0.15, -0.1) is 11.3 Å². The van der Waals surface area contributed by atoms with E-state index in [-0.39, 0.29) is 17.4 Å². The van der Waals surface area contributed by atoms with Crippen LogP contribution >= 0.6 is 22.9 Å². The van der Waals surface area contributed by atoms with Gasteiger partial charge in [0.05, 0.1) is 30.3 Å². The van der Waals surface area contributed by atoms with Crippen molar-refractivity contribution in [1.29, 1.82) is 0 Å². The maximum absolute atomic E-state index is 14.2. The summed E-state index contributed by atoms with van der Waals surface area (Å²) in [4.78, 5) is 32.8. The summed E-state index contributed by atoms with van der Waals surface area (Å²) >= 11 is 7.42. The van der Waals surface area contributed by atoms with Crippen LogP contribution in [-0.2, 0) is 19.6 Å². The fourth-order valence-corrected chi connectivity index (χ4v) is 5.28. The van der Waals surface area contributed by atoms with Gasteiger partial charge in [0.25, 0.3) is 12.3 Å². The van der Waals surface area contributed by atoms with Crippen LogP contribution in [0.2, 0.25) is 5.15 Å². The molecule has 0 fully saturated rings. The van der Waals surface area contributed by atoms with Crippen LogP contribution in [0.1, 0.15) is 44.3 Å². The molecular weight excluding hydrogens is 541 g/mol. The molecule has 5 rings (SSSR count). The molecule has 4 aromatic rings. The first-order valence-electron chi connectivity index (χ1n) is 11.3. The van der Waals surface area contributed by atoms with Crippen molar-refractivity contribution < 1.29 is 22.7 Å². The molecule has 1 aliphatic rings. The molecule has 0 atom stereocenters. The summed E-state index contributed by atoms with van der Waals surface area (Å²) < 4.78 is 45.2. The number of pyridine rings is 3. The molecule has 196 valence electrons. The lowest BCUT2D eigenvalue weighted by Crippen LogP contribution is -2.18. The predicted molar refractivity (Wildman–Crippen MR) is 136 cm³/mol. The van der Waals surface area contributed by atoms with E-state index in [4.69, 9.17) is 16.3 Å². The molecule has 0 bridgehead atoms. The molecule has 0 radical (unpaired) electrons. The highest BCUT2D eigenvalue weighted by molar-refractivity contribution is 7.15. The number of fused-ring (bicyclic) bond motifs is 1. The molecule has 0 saturated carbocycles. The fourth-order valence-electron chi connectivity index (χ4n) is 4.11. The number of hydrogen-bond acceptors (Lipinski definition) is 8. The van der Waals surface area contributed by atoms with E-state index in [9.17, 15) is 18.0 Å². The van der Waals surface area contributed by atoms with Crippen LogP contribution in [0.15, 0.2) is 36.8 Å². The van der Waals surface area contributed by atoms with E-state index in [0.29, 0.717) is 46.4 Å². The van der Waals surface area contributed by atoms with E-state index >= 15 is 0 Å². The number of ether oxygens (including phenoxy) is 1. The van der Waals surface area contributed by atoms with Crippen molar-refractivity contribution in [3.8, 4) is 16.9 Å². The number of alkyl halides is 2. The maximum atomic E-state index is 14.2. The Morgan fingerprint density at radius 1 is 1.16 bits per heavy atom. The number of aromatic nitrogens is 4. The quantitative estimate of drug-likeness (QED) is 0.285. The Hall–Kier alpha value is -3.61. The second kappa shape index (κ2) is 10.6. The maximum Gasteiger partial charge on any atom is 0.265 e. The summed E-state index contributed by atoms with van der Waals surface area (Å²) in [7, 11) is 1.51. The van der Waals surface area contributed by atoms with Gasteiger partial charge in [-0.3, -0.25) is 25.0 Å². The number of amides is 1. The summed E-state index contributed by atoms with van der Waals surface area (Å²) in [5.74, 6) is -0.720. The van der Waals surface area contributed by atoms with Gasteiger partial charge in [0.1, 0.15) is 16.7 Å². The van der Waals surface area contributed by atoms with E-state index in [1.54, 1.807) is 12.1 Å². The van der Waals surface area contributed by atoms with Crippen molar-refractivity contribution in [2.24, 2.45) is 0 Å². The minimum atomic E-state index is -2.78. The lowest BCUT2D eigenvalue weighted by atomic mass is 10.0. The average molecular weight is 561 g/mol. The van der Waals surface area contributed by atoms with E-state index in [1.807, 2.05) is 11.8 Å². The first-order chi connectivity index (χ1) is 18.2. The van der Waals surface area contributed by atoms with E-state index in [1.165, 1.54) is 30.8 Å². The second-order valence-electron chi connectivity index (χ2n) is 8.56. The lowest BCUT2D eigenvalue weighted by Gasteiger charge is -2.15. The van der Waals surface area contributed by atoms with Crippen LogP contribution in [0, 0.1) is 12.7 Å². The highest BCUT2D eigenvalue weighted by atomic mass is 35.5. The zero-order valence-corrected chi connectivity index (χ0v) is 21.7. The van der Waals surface area contributed by atoms with Gasteiger partial charge in [0, 0.05) is 59.3 Å². The summed E-state index contributed by atoms with van der Waals surface area (Å²) in [6, 6.07) is 4.20. The number of nitrogens with zero attached hydrogens (tertiary/aromatic N) is 5. The summed E-state index contributed by atoms with van der Waals surface area (Å²) in [6.07, 6.45) is 1.18. The van der Waals surface area contributed by atoms with E-state index < -0.39 is 23.7 Å². The van der Waals surface area contributed by atoms with Gasteiger partial charge >= 0.3 is 0 Å². The molecule has 0 saturated heterocycles. The van der Waals surface area contributed by atoms with E-state index in [2.05, 4.69) is 25.3 Å². The molecule has 0 aromatic carbocycles. The van der Waals surface area contributed by atoms with Crippen LogP contribution < -0.4 is 10.1 Å². The first kappa shape index (κ1) is 26.0. The van der Waals surface area contributed by atoms with Crippen molar-refractivity contribution in [2.45, 2.75) is 33.0 Å². The number of methoxy groups -OCH3 is 1. The minimum Gasteiger partial charge on any atom is -0.494 e. The number of thiazole rings is 1. The largest absolute Gasteiger partial charge is 0.494 e. The number of anilines is 1. The third-order valence-corrected chi connectivity index (χ3v) is 7.14. The molecule has 1 amide bonds. The molecule has 1 aliphatic heterocycles. The Bertz CT molecular complexity index is 1510. The number of nitrogens with one attached hydrogen (secondary N) is 1. The Morgan fingerprint density at radius 3 is 2.68 bits per heavy atom. The zero-order valence-electron chi connectivity index (χ0n) is 20.1. The van der Waals surface area contributed by atoms with Crippen molar-refractivity contribution in [3.63, 3.8) is 0 Å². The smallest absolute Gasteiger partial charge is 0.265 e. The molecule has 38 heavy (non-hydrogen) atoms. The Balaban J connectivity index is 1.31. The first-order valence-corrected chi connectivity index (χ1v) is 12.5. The number of carbonyl (C=O) groups is 1. The second-order valence-corrected chi connectivity index (χ2v) is 10.0. The molecular formula is C25H20ClF3N6O2S. The third kappa shape index (κ3) is 5.33. The average Bonchev–Trinajstić information content (AvgIpc) is 3.42. The van der Waals surface area contributed by atoms with Gasteiger partial charge < -0.3 is 4.74 Å². The standard InChI is InChI=1S/C25H20ClF3N6O2S/c1-12-3-14(15-5-22(26)32-8-20(15)37-2)16(7-30-12)24(36)34-25-33-19-10-35(11-21(19)38-25)9-18-17(27)4-13(6-31-18)23(28)29/h3-8,23H,9-11H2,1-2H3,(H,33,34,36). The van der Waals surface area contributed by atoms with Crippen molar-refractivity contribution in [3.05, 3.63) is 80.8 Å². The molecule has 0 spiro atoms. The van der Waals surface area contributed by atoms with Crippen LogP contribution in [0.5, 0.6) is 5.75 Å². The topological polar surface area (TPSA) is 93.1 Å². The van der Waals surface area contributed by atoms with Crippen LogP contribution in [0.25, 0.3) is 11.1 Å². The van der Waals surface area contributed by atoms with Gasteiger partial charge in [-0.1, -0.05) is 11.6 Å². The van der Waals surface area contributed by atoms with Crippen molar-refractivity contribution in [1.82, 2.24) is 24.8 Å². The van der Waals surface area contributed by atoms with E-state index in [0.717, 1.165) is 22.8 Å². The third-order valence-electron chi connectivity index (χ3n) is 5.93. The normalized spacial score (nSPS) is 13.1. The summed E-state index contributed by atoms with van der Waals surface area (Å²) in [5.41, 5.74) is 2.58. The van der Waals surface area contributed by atoms with Gasteiger partial charge in [0.2, 0.25) is 0 Å². The molecule has 0 unspecified atom stereocenters. The molecule has 1 N–H and O–H groups in total.